The van der Waals surface area contributed by atoms with Gasteiger partial charge >= 0.3 is 0 Å². The molecule has 2 aliphatic rings. The molecule has 108 valence electrons. The number of likely N-dealkylation sites (tertiary alicyclic amines) is 1. The molecule has 0 radical (unpaired) electrons. The fraction of sp³-hybridized carbons (Fsp3) is 0.867. The quantitative estimate of drug-likeness (QED) is 0.624. The molecule has 1 N–H and O–H groups in total. The molecule has 2 fully saturated rings. The molecule has 1 saturated heterocycles. The van der Waals surface area contributed by atoms with Crippen LogP contribution in [0.5, 0.6) is 0 Å². The van der Waals surface area contributed by atoms with E-state index in [-0.39, 0.29) is 11.9 Å². The summed E-state index contributed by atoms with van der Waals surface area (Å²) in [7, 11) is 0. The van der Waals surface area contributed by atoms with E-state index in [1.165, 1.54) is 25.7 Å². The Hall–Kier alpha value is -0.900. The van der Waals surface area contributed by atoms with Crippen molar-refractivity contribution in [2.45, 2.75) is 69.9 Å². The molecule has 0 aromatic carbocycles. The average Bonchev–Trinajstić information content (AvgIpc) is 2.68. The predicted octanol–water partition coefficient (Wildman–Crippen LogP) is 1.88. The first-order valence-electron chi connectivity index (χ1n) is 7.78. The second-order valence-corrected chi connectivity index (χ2v) is 5.93. The van der Waals surface area contributed by atoms with E-state index in [0.29, 0.717) is 12.6 Å². The summed E-state index contributed by atoms with van der Waals surface area (Å²) in [5.41, 5.74) is 0. The topological polar surface area (TPSA) is 49.4 Å². The second kappa shape index (κ2) is 7.63. The van der Waals surface area contributed by atoms with Crippen molar-refractivity contribution in [3.8, 4) is 0 Å². The lowest BCUT2D eigenvalue weighted by Crippen LogP contribution is -2.48. The third-order valence-corrected chi connectivity index (χ3v) is 4.39. The van der Waals surface area contributed by atoms with Crippen molar-refractivity contribution < 1.29 is 9.59 Å². The lowest BCUT2D eigenvalue weighted by atomic mass is 10.0. The van der Waals surface area contributed by atoms with E-state index < -0.39 is 0 Å². The normalized spacial score (nSPS) is 26.6. The summed E-state index contributed by atoms with van der Waals surface area (Å²) in [6, 6.07) is 0.308. The first kappa shape index (κ1) is 14.5. The Labute approximate surface area is 115 Å². The van der Waals surface area contributed by atoms with Crippen LogP contribution in [0.1, 0.15) is 57.8 Å². The van der Waals surface area contributed by atoms with Gasteiger partial charge in [0.05, 0.1) is 12.6 Å². The highest BCUT2D eigenvalue weighted by atomic mass is 16.2. The van der Waals surface area contributed by atoms with Gasteiger partial charge in [0.25, 0.3) is 0 Å². The van der Waals surface area contributed by atoms with Crippen LogP contribution >= 0.6 is 0 Å². The van der Waals surface area contributed by atoms with Crippen LogP contribution in [0.4, 0.5) is 0 Å². The summed E-state index contributed by atoms with van der Waals surface area (Å²) in [6.07, 6.45) is 11.4. The van der Waals surface area contributed by atoms with Crippen LogP contribution in [-0.2, 0) is 9.59 Å². The monoisotopic (exact) mass is 266 g/mol. The van der Waals surface area contributed by atoms with Gasteiger partial charge < -0.3 is 10.1 Å². The lowest BCUT2D eigenvalue weighted by molar-refractivity contribution is -0.125. The van der Waals surface area contributed by atoms with Crippen molar-refractivity contribution in [1.29, 1.82) is 0 Å². The molecule has 0 aromatic heterocycles. The maximum Gasteiger partial charge on any atom is 0.234 e. The van der Waals surface area contributed by atoms with Crippen LogP contribution < -0.4 is 5.32 Å². The summed E-state index contributed by atoms with van der Waals surface area (Å²) in [4.78, 5) is 25.1. The number of nitrogens with one attached hydrogen (secondary N) is 1. The van der Waals surface area contributed by atoms with Gasteiger partial charge in [-0.1, -0.05) is 32.1 Å². The van der Waals surface area contributed by atoms with E-state index in [1.54, 1.807) is 0 Å². The summed E-state index contributed by atoms with van der Waals surface area (Å²) in [5, 5.41) is 3.15. The van der Waals surface area contributed by atoms with E-state index in [1.807, 2.05) is 4.90 Å². The van der Waals surface area contributed by atoms with E-state index in [9.17, 15) is 9.59 Å². The van der Waals surface area contributed by atoms with Crippen molar-refractivity contribution in [2.24, 2.45) is 0 Å². The number of carbonyl (C=O) groups excluding carboxylic acids is 2. The largest absolute Gasteiger partial charge is 0.352 e. The van der Waals surface area contributed by atoms with Crippen LogP contribution in [0.3, 0.4) is 0 Å². The van der Waals surface area contributed by atoms with Crippen molar-refractivity contribution in [2.75, 3.05) is 13.1 Å². The molecule has 1 saturated carbocycles. The highest BCUT2D eigenvalue weighted by Gasteiger charge is 2.24. The number of nitrogens with zero attached hydrogens (tertiary/aromatic N) is 1. The molecule has 2 rings (SSSR count). The average molecular weight is 266 g/mol. The molecule has 0 bridgehead atoms. The number of amides is 1. The molecule has 0 aromatic rings. The van der Waals surface area contributed by atoms with Gasteiger partial charge in [-0.3, -0.25) is 9.69 Å². The highest BCUT2D eigenvalue weighted by Crippen LogP contribution is 2.18. The Morgan fingerprint density at radius 1 is 1.05 bits per heavy atom. The first-order chi connectivity index (χ1) is 9.29. The number of hydrogen-bond donors (Lipinski definition) is 1. The zero-order valence-electron chi connectivity index (χ0n) is 11.8. The molecule has 1 aliphatic carbocycles. The summed E-state index contributed by atoms with van der Waals surface area (Å²) in [5.74, 6) is 0.0978. The van der Waals surface area contributed by atoms with Crippen molar-refractivity contribution in [1.82, 2.24) is 10.2 Å². The third-order valence-electron chi connectivity index (χ3n) is 4.39. The summed E-state index contributed by atoms with van der Waals surface area (Å²) < 4.78 is 0. The first-order valence-corrected chi connectivity index (χ1v) is 7.78. The molecule has 1 amide bonds. The maximum atomic E-state index is 12.1. The Morgan fingerprint density at radius 3 is 2.42 bits per heavy atom. The highest BCUT2D eigenvalue weighted by molar-refractivity contribution is 5.79. The molecule has 1 unspecified atom stereocenters. The van der Waals surface area contributed by atoms with Gasteiger partial charge in [0.2, 0.25) is 5.91 Å². The number of piperidine rings is 1. The minimum atomic E-state index is -0.0476. The van der Waals surface area contributed by atoms with E-state index in [2.05, 4.69) is 5.32 Å². The van der Waals surface area contributed by atoms with E-state index >= 15 is 0 Å². The fourth-order valence-corrected chi connectivity index (χ4v) is 3.25. The summed E-state index contributed by atoms with van der Waals surface area (Å²) in [6.45, 7) is 1.27. The van der Waals surface area contributed by atoms with Gasteiger partial charge in [-0.05, 0) is 32.2 Å². The maximum absolute atomic E-state index is 12.1. The Balaban J connectivity index is 1.77. The van der Waals surface area contributed by atoms with Crippen molar-refractivity contribution >= 4 is 12.2 Å². The molecule has 1 heterocycles. The fourth-order valence-electron chi connectivity index (χ4n) is 3.25. The Bertz CT molecular complexity index is 299. The van der Waals surface area contributed by atoms with Gasteiger partial charge in [-0.25, -0.2) is 0 Å². The molecule has 4 nitrogen and oxygen atoms in total. The van der Waals surface area contributed by atoms with Gasteiger partial charge in [-0.2, -0.15) is 0 Å². The molecule has 1 aliphatic heterocycles. The number of carbonyl (C=O) groups is 2. The van der Waals surface area contributed by atoms with Gasteiger partial charge in [0, 0.05) is 6.04 Å². The molecule has 0 spiro atoms. The standard InChI is InChI=1S/C15H26N2O2/c18-12-14-9-5-6-10-17(14)11-15(19)16-13-7-3-1-2-4-8-13/h12-14H,1-11H2,(H,16,19). The number of hydrogen-bond acceptors (Lipinski definition) is 3. The zero-order chi connectivity index (χ0) is 13.5. The third kappa shape index (κ3) is 4.60. The van der Waals surface area contributed by atoms with Crippen LogP contribution in [-0.4, -0.2) is 42.3 Å². The number of aldehydes is 1. The minimum absolute atomic E-state index is 0.0476. The van der Waals surface area contributed by atoms with Crippen LogP contribution in [0, 0.1) is 0 Å². The van der Waals surface area contributed by atoms with Gasteiger partial charge in [0.15, 0.2) is 0 Å². The second-order valence-electron chi connectivity index (χ2n) is 5.93. The predicted molar refractivity (Wildman–Crippen MR) is 74.9 cm³/mol. The minimum Gasteiger partial charge on any atom is -0.352 e. The molecular formula is C15H26N2O2. The Kier molecular flexibility index (Phi) is 5.83. The zero-order valence-corrected chi connectivity index (χ0v) is 11.8. The van der Waals surface area contributed by atoms with Crippen molar-refractivity contribution in [3.05, 3.63) is 0 Å². The van der Waals surface area contributed by atoms with Crippen LogP contribution in [0.2, 0.25) is 0 Å². The molecule has 1 atom stereocenters. The lowest BCUT2D eigenvalue weighted by Gasteiger charge is -2.32. The van der Waals surface area contributed by atoms with Gasteiger partial charge in [0.1, 0.15) is 6.29 Å². The van der Waals surface area contributed by atoms with Crippen LogP contribution in [0.25, 0.3) is 0 Å². The van der Waals surface area contributed by atoms with Crippen LogP contribution in [0.15, 0.2) is 0 Å². The van der Waals surface area contributed by atoms with E-state index in [0.717, 1.165) is 44.9 Å². The molecule has 19 heavy (non-hydrogen) atoms. The Morgan fingerprint density at radius 2 is 1.74 bits per heavy atom. The van der Waals surface area contributed by atoms with Gasteiger partial charge in [-0.15, -0.1) is 0 Å². The smallest absolute Gasteiger partial charge is 0.234 e. The van der Waals surface area contributed by atoms with E-state index in [4.69, 9.17) is 0 Å². The number of rotatable bonds is 4. The molecular weight excluding hydrogens is 240 g/mol. The SMILES string of the molecule is O=CC1CCCCN1CC(=O)NC1CCCCCC1. The summed E-state index contributed by atoms with van der Waals surface area (Å²) >= 11 is 0. The molecule has 4 heteroatoms. The van der Waals surface area contributed by atoms with Crippen molar-refractivity contribution in [3.63, 3.8) is 0 Å².